The van der Waals surface area contributed by atoms with Crippen molar-refractivity contribution in [1.29, 1.82) is 0 Å². The van der Waals surface area contributed by atoms with E-state index in [9.17, 15) is 19.7 Å². The Morgan fingerprint density at radius 1 is 1.53 bits per heavy atom. The summed E-state index contributed by atoms with van der Waals surface area (Å²) in [6.45, 7) is 0.937. The molecule has 1 aliphatic heterocycles. The minimum Gasteiger partial charge on any atom is -0.393 e. The van der Waals surface area contributed by atoms with Crippen molar-refractivity contribution < 1.29 is 24.4 Å². The van der Waals surface area contributed by atoms with E-state index >= 15 is 0 Å². The zero-order chi connectivity index (χ0) is 14.4. The topological polar surface area (TPSA) is 90.6 Å². The van der Waals surface area contributed by atoms with Gasteiger partial charge in [-0.2, -0.15) is 0 Å². The van der Waals surface area contributed by atoms with Crippen LogP contribution in [0.2, 0.25) is 0 Å². The van der Waals surface area contributed by atoms with Gasteiger partial charge < -0.3 is 25.0 Å². The van der Waals surface area contributed by atoms with Crippen LogP contribution in [0.3, 0.4) is 0 Å². The molecule has 0 amide bonds. The van der Waals surface area contributed by atoms with E-state index in [1.807, 2.05) is 0 Å². The number of rotatable bonds is 2. The fourth-order valence-corrected chi connectivity index (χ4v) is 2.41. The molecule has 0 aromatic carbocycles. The molecule has 4 N–H and O–H groups in total. The summed E-state index contributed by atoms with van der Waals surface area (Å²) in [6, 6.07) is 0. The van der Waals surface area contributed by atoms with Crippen molar-refractivity contribution in [1.82, 2.24) is 9.55 Å². The van der Waals surface area contributed by atoms with Crippen molar-refractivity contribution in [3.63, 3.8) is 0 Å². The number of aliphatic hydroxyl groups is 3. The fraction of sp³-hybridized carbons (Fsp3) is 0.600. The molecule has 1 aliphatic rings. The average molecular weight is 308 g/mol. The lowest BCUT2D eigenvalue weighted by atomic mass is 9.99. The maximum atomic E-state index is 13.5. The van der Waals surface area contributed by atoms with Gasteiger partial charge in [0.15, 0.2) is 16.8 Å². The van der Waals surface area contributed by atoms with Gasteiger partial charge in [-0.15, -0.1) is 0 Å². The van der Waals surface area contributed by atoms with Crippen LogP contribution in [0, 0.1) is 15.2 Å². The molecule has 106 valence electrons. The first kappa shape index (κ1) is 14.7. The predicted octanol–water partition coefficient (Wildman–Crippen LogP) is 0.416. The van der Waals surface area contributed by atoms with Gasteiger partial charge in [-0.25, -0.2) is 4.39 Å². The number of aliphatic hydroxyl groups excluding tert-OH is 3. The molecule has 0 aliphatic carbocycles. The zero-order valence-electron chi connectivity index (χ0n) is 9.91. The van der Waals surface area contributed by atoms with Crippen molar-refractivity contribution in [2.24, 2.45) is 0 Å². The summed E-state index contributed by atoms with van der Waals surface area (Å²) < 4.78 is 19.9. The highest BCUT2D eigenvalue weighted by Gasteiger charge is 2.51. The Hall–Kier alpha value is -0.710. The smallest absolute Gasteiger partial charge is 0.180 e. The lowest BCUT2D eigenvalue weighted by Gasteiger charge is -2.24. The maximum absolute atomic E-state index is 13.5. The Labute approximate surface area is 118 Å². The predicted molar refractivity (Wildman–Crippen MR) is 68.0 cm³/mol. The van der Waals surface area contributed by atoms with Gasteiger partial charge in [0.25, 0.3) is 0 Å². The minimum atomic E-state index is -1.35. The Balaban J connectivity index is 2.47. The summed E-state index contributed by atoms with van der Waals surface area (Å²) >= 11 is 9.67. The van der Waals surface area contributed by atoms with E-state index < -0.39 is 36.5 Å². The van der Waals surface area contributed by atoms with Gasteiger partial charge in [-0.05, 0) is 19.1 Å². The Morgan fingerprint density at radius 3 is 2.68 bits per heavy atom. The first-order chi connectivity index (χ1) is 8.80. The number of nitrogens with one attached hydrogen (secondary N) is 1. The summed E-state index contributed by atoms with van der Waals surface area (Å²) in [5.41, 5.74) is -1.35. The van der Waals surface area contributed by atoms with Crippen LogP contribution in [0.1, 0.15) is 13.2 Å². The molecule has 0 bridgehead atoms. The lowest BCUT2D eigenvalue weighted by molar-refractivity contribution is -0.117. The van der Waals surface area contributed by atoms with Crippen molar-refractivity contribution in [2.45, 2.75) is 31.0 Å². The number of hydrogen-bond donors (Lipinski definition) is 4. The molecular formula is C10H13FN2O4S2. The molecule has 4 atom stereocenters. The Bertz CT molecular complexity index is 604. The van der Waals surface area contributed by atoms with E-state index in [1.165, 1.54) is 6.92 Å². The standard InChI is InChI=1S/C10H13FN2O4S2/c1-10(3-14)6(16)5(15)8(17-10)13-2-4(11)7(18)12-9(13)19/h2,5-6,8,14-16H,3H2,1H3,(H,12,18,19)/t5-,6+,8+,10+/m0/s1. The Kier molecular flexibility index (Phi) is 3.87. The number of ether oxygens (including phenoxy) is 1. The summed E-state index contributed by atoms with van der Waals surface area (Å²) in [4.78, 5) is 2.45. The van der Waals surface area contributed by atoms with E-state index in [4.69, 9.17) is 29.2 Å². The van der Waals surface area contributed by atoms with Gasteiger partial charge in [-0.3, -0.25) is 4.57 Å². The maximum Gasteiger partial charge on any atom is 0.180 e. The van der Waals surface area contributed by atoms with Gasteiger partial charge in [0.2, 0.25) is 0 Å². The number of halogens is 1. The van der Waals surface area contributed by atoms with Gasteiger partial charge in [0.05, 0.1) is 6.61 Å². The van der Waals surface area contributed by atoms with E-state index in [0.29, 0.717) is 0 Å². The van der Waals surface area contributed by atoms with Crippen molar-refractivity contribution in [2.75, 3.05) is 6.61 Å². The zero-order valence-corrected chi connectivity index (χ0v) is 11.5. The number of hydrogen-bond acceptors (Lipinski definition) is 6. The van der Waals surface area contributed by atoms with E-state index in [1.54, 1.807) is 0 Å². The number of aromatic nitrogens is 2. The quantitative estimate of drug-likeness (QED) is 0.592. The normalized spacial score (nSPS) is 34.7. The van der Waals surface area contributed by atoms with Gasteiger partial charge in [0, 0.05) is 6.20 Å². The number of nitrogens with zero attached hydrogens (tertiary/aromatic N) is 1. The van der Waals surface area contributed by atoms with E-state index in [0.717, 1.165) is 10.8 Å². The monoisotopic (exact) mass is 308 g/mol. The summed E-state index contributed by atoms with van der Waals surface area (Å²) in [6.07, 6.45) is -2.80. The van der Waals surface area contributed by atoms with Crippen LogP contribution in [0.15, 0.2) is 6.20 Å². The third-order valence-corrected chi connectivity index (χ3v) is 3.75. The van der Waals surface area contributed by atoms with Gasteiger partial charge >= 0.3 is 0 Å². The van der Waals surface area contributed by atoms with Crippen molar-refractivity contribution in [3.8, 4) is 0 Å². The lowest BCUT2D eigenvalue weighted by Crippen LogP contribution is -2.43. The summed E-state index contributed by atoms with van der Waals surface area (Å²) in [5, 5.41) is 29.0. The first-order valence-electron chi connectivity index (χ1n) is 5.46. The third-order valence-electron chi connectivity index (χ3n) is 3.14. The van der Waals surface area contributed by atoms with Crippen LogP contribution >= 0.6 is 24.4 Å². The van der Waals surface area contributed by atoms with Gasteiger partial charge in [-0.1, -0.05) is 12.2 Å². The SMILES string of the molecule is C[C@]1(CO)O[C@@H](n2cc(F)c(=S)[nH]c2=S)[C@@H](O)[C@H]1O. The molecule has 9 heteroatoms. The molecule has 1 fully saturated rings. The largest absolute Gasteiger partial charge is 0.393 e. The highest BCUT2D eigenvalue weighted by Crippen LogP contribution is 2.36. The number of aromatic amines is 1. The van der Waals surface area contributed by atoms with Crippen LogP contribution in [0.5, 0.6) is 0 Å². The third kappa shape index (κ3) is 2.37. The number of H-pyrrole nitrogens is 1. The van der Waals surface area contributed by atoms with E-state index in [-0.39, 0.29) is 9.41 Å². The molecule has 6 nitrogen and oxygen atoms in total. The summed E-state index contributed by atoms with van der Waals surface area (Å²) in [5.74, 6) is -0.730. The molecule has 0 saturated carbocycles. The highest BCUT2D eigenvalue weighted by molar-refractivity contribution is 7.72. The first-order valence-corrected chi connectivity index (χ1v) is 6.27. The second kappa shape index (κ2) is 5.00. The minimum absolute atomic E-state index is 0.0461. The molecule has 19 heavy (non-hydrogen) atoms. The molecule has 2 rings (SSSR count). The molecule has 1 aromatic heterocycles. The van der Waals surface area contributed by atoms with Crippen LogP contribution in [-0.4, -0.2) is 49.3 Å². The van der Waals surface area contributed by atoms with Crippen LogP contribution in [0.4, 0.5) is 4.39 Å². The molecular weight excluding hydrogens is 295 g/mol. The Morgan fingerprint density at radius 2 is 2.16 bits per heavy atom. The molecule has 1 aromatic rings. The van der Waals surface area contributed by atoms with Crippen LogP contribution < -0.4 is 0 Å². The second-order valence-electron chi connectivity index (χ2n) is 4.56. The van der Waals surface area contributed by atoms with Crippen LogP contribution in [-0.2, 0) is 4.74 Å². The van der Waals surface area contributed by atoms with Crippen molar-refractivity contribution in [3.05, 3.63) is 21.4 Å². The molecule has 1 saturated heterocycles. The van der Waals surface area contributed by atoms with E-state index in [2.05, 4.69) is 4.98 Å². The molecule has 2 heterocycles. The fourth-order valence-electron chi connectivity index (χ4n) is 1.93. The van der Waals surface area contributed by atoms with Crippen molar-refractivity contribution >= 4 is 24.4 Å². The molecule has 0 unspecified atom stereocenters. The summed E-state index contributed by atoms with van der Waals surface area (Å²) in [7, 11) is 0. The van der Waals surface area contributed by atoms with Crippen LogP contribution in [0.25, 0.3) is 0 Å². The average Bonchev–Trinajstić information content (AvgIpc) is 2.59. The molecule has 0 radical (unpaired) electrons. The highest BCUT2D eigenvalue weighted by atomic mass is 32.1. The van der Waals surface area contributed by atoms with Gasteiger partial charge in [0.1, 0.15) is 22.4 Å². The second-order valence-corrected chi connectivity index (χ2v) is 5.35. The molecule has 0 spiro atoms.